The molecule has 3 rings (SSSR count). The second-order valence-corrected chi connectivity index (χ2v) is 5.44. The van der Waals surface area contributed by atoms with Crippen molar-refractivity contribution in [3.05, 3.63) is 54.6 Å². The Kier molecular flexibility index (Phi) is 4.31. The number of benzene rings is 2. The van der Waals surface area contributed by atoms with Gasteiger partial charge in [0.1, 0.15) is 0 Å². The van der Waals surface area contributed by atoms with Crippen molar-refractivity contribution < 1.29 is 4.79 Å². The highest BCUT2D eigenvalue weighted by Gasteiger charge is 2.21. The highest BCUT2D eigenvalue weighted by molar-refractivity contribution is 5.96. The molecule has 1 amide bonds. The summed E-state index contributed by atoms with van der Waals surface area (Å²) < 4.78 is 0. The van der Waals surface area contributed by atoms with Gasteiger partial charge in [0.25, 0.3) is 0 Å². The molecular formula is C18H20N2O. The van der Waals surface area contributed by atoms with Crippen molar-refractivity contribution in [1.29, 1.82) is 0 Å². The molecule has 108 valence electrons. The number of para-hydroxylation sites is 1. The molecule has 1 atom stereocenters. The van der Waals surface area contributed by atoms with Crippen molar-refractivity contribution in [2.24, 2.45) is 5.92 Å². The molecule has 1 heterocycles. The van der Waals surface area contributed by atoms with Crippen LogP contribution in [0.1, 0.15) is 12.8 Å². The van der Waals surface area contributed by atoms with E-state index < -0.39 is 0 Å². The molecule has 2 aromatic carbocycles. The molecule has 0 aromatic heterocycles. The van der Waals surface area contributed by atoms with E-state index in [1.807, 2.05) is 42.5 Å². The molecule has 3 heteroatoms. The summed E-state index contributed by atoms with van der Waals surface area (Å²) >= 11 is 0. The van der Waals surface area contributed by atoms with Gasteiger partial charge in [0.2, 0.25) is 5.91 Å². The van der Waals surface area contributed by atoms with Crippen molar-refractivity contribution in [3.63, 3.8) is 0 Å². The molecule has 3 nitrogen and oxygen atoms in total. The van der Waals surface area contributed by atoms with E-state index in [4.69, 9.17) is 0 Å². The molecular weight excluding hydrogens is 260 g/mol. The molecule has 1 saturated heterocycles. The molecule has 1 unspecified atom stereocenters. The van der Waals surface area contributed by atoms with Crippen molar-refractivity contribution in [2.75, 3.05) is 18.4 Å². The van der Waals surface area contributed by atoms with Crippen LogP contribution in [0.2, 0.25) is 0 Å². The van der Waals surface area contributed by atoms with Crippen molar-refractivity contribution >= 4 is 11.6 Å². The summed E-state index contributed by atoms with van der Waals surface area (Å²) in [5, 5.41) is 6.39. The topological polar surface area (TPSA) is 41.1 Å². The molecule has 2 N–H and O–H groups in total. The molecule has 2 aromatic rings. The van der Waals surface area contributed by atoms with Gasteiger partial charge in [-0.2, -0.15) is 0 Å². The van der Waals surface area contributed by atoms with Crippen molar-refractivity contribution in [2.45, 2.75) is 12.8 Å². The zero-order valence-electron chi connectivity index (χ0n) is 12.0. The standard InChI is InChI=1S/C18H20N2O/c21-18(15-9-6-12-19-13-15)20-17-11-5-4-10-16(17)14-7-2-1-3-8-14/h1-5,7-8,10-11,15,19H,6,9,12-13H2,(H,20,21). The maximum atomic E-state index is 12.4. The first-order chi connectivity index (χ1) is 10.3. The Morgan fingerprint density at radius 2 is 1.81 bits per heavy atom. The number of amides is 1. The second-order valence-electron chi connectivity index (χ2n) is 5.44. The largest absolute Gasteiger partial charge is 0.325 e. The summed E-state index contributed by atoms with van der Waals surface area (Å²) in [5.41, 5.74) is 3.07. The van der Waals surface area contributed by atoms with Gasteiger partial charge >= 0.3 is 0 Å². The van der Waals surface area contributed by atoms with E-state index in [0.29, 0.717) is 0 Å². The molecule has 21 heavy (non-hydrogen) atoms. The van der Waals surface area contributed by atoms with Crippen LogP contribution in [0.25, 0.3) is 11.1 Å². The summed E-state index contributed by atoms with van der Waals surface area (Å²) in [6.45, 7) is 1.80. The highest BCUT2D eigenvalue weighted by Crippen LogP contribution is 2.28. The fourth-order valence-corrected chi connectivity index (χ4v) is 2.77. The number of carbonyl (C=O) groups excluding carboxylic acids is 1. The van der Waals surface area contributed by atoms with Gasteiger partial charge in [-0.15, -0.1) is 0 Å². The Hall–Kier alpha value is -2.13. The monoisotopic (exact) mass is 280 g/mol. The van der Waals surface area contributed by atoms with Crippen LogP contribution in [0, 0.1) is 5.92 Å². The zero-order valence-corrected chi connectivity index (χ0v) is 12.0. The molecule has 1 aliphatic rings. The number of piperidine rings is 1. The number of anilines is 1. The minimum absolute atomic E-state index is 0.0718. The van der Waals surface area contributed by atoms with E-state index in [1.54, 1.807) is 0 Å². The van der Waals surface area contributed by atoms with Crippen molar-refractivity contribution in [1.82, 2.24) is 5.32 Å². The van der Waals surface area contributed by atoms with E-state index in [9.17, 15) is 4.79 Å². The third kappa shape index (κ3) is 3.31. The first-order valence-corrected chi connectivity index (χ1v) is 7.50. The van der Waals surface area contributed by atoms with Gasteiger partial charge in [-0.1, -0.05) is 48.5 Å². The molecule has 1 fully saturated rings. The maximum absolute atomic E-state index is 12.4. The SMILES string of the molecule is O=C(Nc1ccccc1-c1ccccc1)C1CCCNC1. The number of rotatable bonds is 3. The first-order valence-electron chi connectivity index (χ1n) is 7.50. The summed E-state index contributed by atoms with van der Waals surface area (Å²) in [4.78, 5) is 12.4. The third-order valence-electron chi connectivity index (χ3n) is 3.94. The van der Waals surface area contributed by atoms with Crippen LogP contribution in [-0.4, -0.2) is 19.0 Å². The van der Waals surface area contributed by atoms with Crippen LogP contribution in [0.5, 0.6) is 0 Å². The summed E-state index contributed by atoms with van der Waals surface area (Å²) in [7, 11) is 0. The quantitative estimate of drug-likeness (QED) is 0.906. The summed E-state index contributed by atoms with van der Waals surface area (Å²) in [6.07, 6.45) is 2.03. The average Bonchev–Trinajstić information content (AvgIpc) is 2.57. The van der Waals surface area contributed by atoms with Gasteiger partial charge in [0.05, 0.1) is 5.92 Å². The normalized spacial score (nSPS) is 18.2. The Morgan fingerprint density at radius 1 is 1.05 bits per heavy atom. The molecule has 0 bridgehead atoms. The van der Waals surface area contributed by atoms with Gasteiger partial charge < -0.3 is 10.6 Å². The average molecular weight is 280 g/mol. The van der Waals surface area contributed by atoms with Gasteiger partial charge in [0, 0.05) is 17.8 Å². The number of nitrogens with one attached hydrogen (secondary N) is 2. The molecule has 1 aliphatic heterocycles. The Labute approximate surface area is 125 Å². The summed E-state index contributed by atoms with van der Waals surface area (Å²) in [6, 6.07) is 18.1. The van der Waals surface area contributed by atoms with Crippen LogP contribution in [0.4, 0.5) is 5.69 Å². The minimum Gasteiger partial charge on any atom is -0.325 e. The van der Waals surface area contributed by atoms with E-state index in [-0.39, 0.29) is 11.8 Å². The molecule has 0 saturated carbocycles. The second kappa shape index (κ2) is 6.55. The van der Waals surface area contributed by atoms with E-state index in [0.717, 1.165) is 42.7 Å². The fraction of sp³-hybridized carbons (Fsp3) is 0.278. The minimum atomic E-state index is 0.0718. The van der Waals surface area contributed by atoms with Crippen molar-refractivity contribution in [3.8, 4) is 11.1 Å². The lowest BCUT2D eigenvalue weighted by Gasteiger charge is -2.22. The Balaban J connectivity index is 1.81. The molecule has 0 aliphatic carbocycles. The molecule has 0 spiro atoms. The maximum Gasteiger partial charge on any atom is 0.228 e. The van der Waals surface area contributed by atoms with Crippen LogP contribution in [0.15, 0.2) is 54.6 Å². The van der Waals surface area contributed by atoms with Crippen LogP contribution in [0.3, 0.4) is 0 Å². The van der Waals surface area contributed by atoms with Gasteiger partial charge in [-0.25, -0.2) is 0 Å². The van der Waals surface area contributed by atoms with Gasteiger partial charge in [-0.05, 0) is 31.0 Å². The predicted molar refractivity (Wildman–Crippen MR) is 86.1 cm³/mol. The smallest absolute Gasteiger partial charge is 0.228 e. The highest BCUT2D eigenvalue weighted by atomic mass is 16.1. The number of hydrogen-bond acceptors (Lipinski definition) is 2. The number of carbonyl (C=O) groups is 1. The predicted octanol–water partition coefficient (Wildman–Crippen LogP) is 3.29. The lowest BCUT2D eigenvalue weighted by Crippen LogP contribution is -2.37. The Morgan fingerprint density at radius 3 is 2.57 bits per heavy atom. The first kappa shape index (κ1) is 13.8. The third-order valence-corrected chi connectivity index (χ3v) is 3.94. The summed E-state index contributed by atoms with van der Waals surface area (Å²) in [5.74, 6) is 0.188. The lowest BCUT2D eigenvalue weighted by atomic mass is 9.98. The van der Waals surface area contributed by atoms with E-state index in [1.165, 1.54) is 0 Å². The van der Waals surface area contributed by atoms with Crippen LogP contribution in [-0.2, 0) is 4.79 Å². The lowest BCUT2D eigenvalue weighted by molar-refractivity contribution is -0.120. The van der Waals surface area contributed by atoms with Crippen LogP contribution < -0.4 is 10.6 Å². The number of hydrogen-bond donors (Lipinski definition) is 2. The Bertz CT molecular complexity index is 604. The van der Waals surface area contributed by atoms with Crippen LogP contribution >= 0.6 is 0 Å². The molecule has 0 radical (unpaired) electrons. The van der Waals surface area contributed by atoms with Gasteiger partial charge in [0.15, 0.2) is 0 Å². The van der Waals surface area contributed by atoms with E-state index in [2.05, 4.69) is 22.8 Å². The van der Waals surface area contributed by atoms with Gasteiger partial charge in [-0.3, -0.25) is 4.79 Å². The fourth-order valence-electron chi connectivity index (χ4n) is 2.77. The van der Waals surface area contributed by atoms with E-state index >= 15 is 0 Å². The zero-order chi connectivity index (χ0) is 14.5.